The van der Waals surface area contributed by atoms with Crippen LogP contribution < -0.4 is 4.74 Å². The van der Waals surface area contributed by atoms with E-state index < -0.39 is 0 Å². The lowest BCUT2D eigenvalue weighted by atomic mass is 10.1. The van der Waals surface area contributed by atoms with Crippen LogP contribution in [0.2, 0.25) is 0 Å². The number of aliphatic hydroxyl groups is 2. The smallest absolute Gasteiger partial charge is 0.258 e. The van der Waals surface area contributed by atoms with Crippen molar-refractivity contribution in [2.45, 2.75) is 12.5 Å². The minimum absolute atomic E-state index is 0.443. The van der Waals surface area contributed by atoms with Gasteiger partial charge in [-0.3, -0.25) is 0 Å². The minimum atomic E-state index is 0.443. The van der Waals surface area contributed by atoms with E-state index in [0.717, 1.165) is 32.0 Å². The van der Waals surface area contributed by atoms with Crippen LogP contribution in [0.25, 0.3) is 0 Å². The zero-order valence-electron chi connectivity index (χ0n) is 8.98. The van der Waals surface area contributed by atoms with Gasteiger partial charge < -0.3 is 14.2 Å². The molecule has 1 aliphatic rings. The average Bonchev–Trinajstić information content (AvgIpc) is 3.09. The number of methoxy groups -OCH3 is 1. The molecular formula is C12H17O3+. The number of benzene rings is 1. The van der Waals surface area contributed by atoms with Gasteiger partial charge in [0.25, 0.3) is 6.10 Å². The Balaban J connectivity index is 1.79. The van der Waals surface area contributed by atoms with Gasteiger partial charge in [0, 0.05) is 7.11 Å². The van der Waals surface area contributed by atoms with Crippen molar-refractivity contribution in [3.05, 3.63) is 29.8 Å². The van der Waals surface area contributed by atoms with Gasteiger partial charge in [-0.1, -0.05) is 12.1 Å². The van der Waals surface area contributed by atoms with E-state index in [-0.39, 0.29) is 0 Å². The van der Waals surface area contributed by atoms with Crippen molar-refractivity contribution in [3.8, 4) is 5.75 Å². The van der Waals surface area contributed by atoms with Crippen LogP contribution in [-0.2, 0) is 11.2 Å². The maximum atomic E-state index is 5.56. The van der Waals surface area contributed by atoms with Crippen LogP contribution in [0.1, 0.15) is 5.56 Å². The largest absolute Gasteiger partial charge is 0.485 e. The summed E-state index contributed by atoms with van der Waals surface area (Å²) in [6.07, 6.45) is 1.40. The molecule has 2 rings (SSSR count). The van der Waals surface area contributed by atoms with Gasteiger partial charge in [-0.15, -0.1) is 0 Å². The van der Waals surface area contributed by atoms with Crippen LogP contribution in [0, 0.1) is 0 Å². The van der Waals surface area contributed by atoms with Gasteiger partial charge in [0.2, 0.25) is 6.61 Å². The first-order valence-electron chi connectivity index (χ1n) is 5.26. The fourth-order valence-corrected chi connectivity index (χ4v) is 1.34. The van der Waals surface area contributed by atoms with Gasteiger partial charge in [-0.2, -0.15) is 0 Å². The van der Waals surface area contributed by atoms with Gasteiger partial charge in [0.1, 0.15) is 5.75 Å². The van der Waals surface area contributed by atoms with E-state index in [9.17, 15) is 0 Å². The van der Waals surface area contributed by atoms with Crippen LogP contribution in [0.4, 0.5) is 0 Å². The summed E-state index contributed by atoms with van der Waals surface area (Å²) >= 11 is 0. The Labute approximate surface area is 90.0 Å². The molecule has 0 radical (unpaired) electrons. The summed E-state index contributed by atoms with van der Waals surface area (Å²) in [6, 6.07) is 8.18. The van der Waals surface area contributed by atoms with E-state index in [0.29, 0.717) is 6.10 Å². The van der Waals surface area contributed by atoms with Crippen molar-refractivity contribution in [2.75, 3.05) is 26.9 Å². The average molecular weight is 209 g/mol. The van der Waals surface area contributed by atoms with Crippen LogP contribution in [-0.4, -0.2) is 37.8 Å². The second-order valence-electron chi connectivity index (χ2n) is 3.72. The van der Waals surface area contributed by atoms with E-state index in [2.05, 4.69) is 16.9 Å². The number of rotatable bonds is 6. The van der Waals surface area contributed by atoms with E-state index in [1.807, 2.05) is 12.1 Å². The summed E-state index contributed by atoms with van der Waals surface area (Å²) in [4.78, 5) is 0. The van der Waals surface area contributed by atoms with Gasteiger partial charge in [0.05, 0.1) is 6.61 Å². The molecule has 0 aliphatic carbocycles. The Bertz CT molecular complexity index is 290. The first kappa shape index (κ1) is 10.5. The molecule has 15 heavy (non-hydrogen) atoms. The van der Waals surface area contributed by atoms with Gasteiger partial charge in [-0.05, 0) is 24.1 Å². The quantitative estimate of drug-likeness (QED) is 0.520. The van der Waals surface area contributed by atoms with Crippen molar-refractivity contribution in [1.29, 1.82) is 0 Å². The number of ether oxygens (including phenoxy) is 3. The number of hydrogen-bond donors (Lipinski definition) is 0. The summed E-state index contributed by atoms with van der Waals surface area (Å²) in [5.74, 6) is 0.929. The highest BCUT2D eigenvalue weighted by atomic mass is 16.6. The molecule has 1 N–H and O–H groups in total. The highest BCUT2D eigenvalue weighted by molar-refractivity contribution is 5.27. The fourth-order valence-electron chi connectivity index (χ4n) is 1.34. The fraction of sp³-hybridized carbons (Fsp3) is 0.500. The van der Waals surface area contributed by atoms with E-state index in [1.165, 1.54) is 5.56 Å². The predicted octanol–water partition coefficient (Wildman–Crippen LogP) is 1.16. The molecule has 1 fully saturated rings. The SMILES string of the molecule is COCCc1ccc(OCC2C[OH+]2)cc1. The Morgan fingerprint density at radius 1 is 1.33 bits per heavy atom. The number of hydrogen-bond acceptors (Lipinski definition) is 2. The first-order valence-corrected chi connectivity index (χ1v) is 5.26. The standard InChI is InChI=1S/C12H16O3/c1-13-7-6-10-2-4-11(5-3-10)14-8-12-9-15-12/h2-5,12H,6-9H2,1H3/p+1. The molecule has 0 bridgehead atoms. The van der Waals surface area contributed by atoms with E-state index in [1.54, 1.807) is 7.11 Å². The topological polar surface area (TPSA) is 31.3 Å². The maximum absolute atomic E-state index is 5.56. The zero-order chi connectivity index (χ0) is 10.5. The molecule has 1 unspecified atom stereocenters. The summed E-state index contributed by atoms with van der Waals surface area (Å²) in [5.41, 5.74) is 1.28. The van der Waals surface area contributed by atoms with Crippen LogP contribution in [0.3, 0.4) is 0 Å². The molecule has 3 heteroatoms. The van der Waals surface area contributed by atoms with Crippen molar-refractivity contribution in [2.24, 2.45) is 0 Å². The Kier molecular flexibility index (Phi) is 3.59. The molecule has 82 valence electrons. The van der Waals surface area contributed by atoms with Crippen LogP contribution >= 0.6 is 0 Å². The highest BCUT2D eigenvalue weighted by Gasteiger charge is 2.31. The lowest BCUT2D eigenvalue weighted by Crippen LogP contribution is -2.04. The Hall–Kier alpha value is -1.06. The molecule has 3 nitrogen and oxygen atoms in total. The molecule has 1 aromatic rings. The zero-order valence-corrected chi connectivity index (χ0v) is 8.98. The minimum Gasteiger partial charge on any atom is -0.485 e. The molecule has 0 spiro atoms. The first-order chi connectivity index (χ1) is 7.38. The molecule has 1 aliphatic heterocycles. The molecule has 1 saturated heterocycles. The lowest BCUT2D eigenvalue weighted by molar-refractivity contribution is 0.159. The molecule has 1 aromatic carbocycles. The molecule has 1 atom stereocenters. The van der Waals surface area contributed by atoms with E-state index in [4.69, 9.17) is 9.47 Å². The molecule has 0 saturated carbocycles. The molecular weight excluding hydrogens is 192 g/mol. The van der Waals surface area contributed by atoms with Crippen molar-refractivity contribution in [1.82, 2.24) is 0 Å². The normalized spacial score (nSPS) is 18.9. The van der Waals surface area contributed by atoms with Crippen molar-refractivity contribution >= 4 is 0 Å². The monoisotopic (exact) mass is 209 g/mol. The van der Waals surface area contributed by atoms with Gasteiger partial charge in [0.15, 0.2) is 6.61 Å². The second kappa shape index (κ2) is 5.14. The van der Waals surface area contributed by atoms with Crippen molar-refractivity contribution in [3.63, 3.8) is 0 Å². The van der Waals surface area contributed by atoms with E-state index >= 15 is 0 Å². The van der Waals surface area contributed by atoms with Gasteiger partial charge >= 0.3 is 0 Å². The second-order valence-corrected chi connectivity index (χ2v) is 3.72. The predicted molar refractivity (Wildman–Crippen MR) is 58.4 cm³/mol. The Morgan fingerprint density at radius 2 is 2.07 bits per heavy atom. The third kappa shape index (κ3) is 3.53. The highest BCUT2D eigenvalue weighted by Crippen LogP contribution is 2.14. The molecule has 0 aromatic heterocycles. The summed E-state index contributed by atoms with van der Waals surface area (Å²) in [7, 11) is 1.72. The molecule has 1 heterocycles. The van der Waals surface area contributed by atoms with Gasteiger partial charge in [-0.25, -0.2) is 0 Å². The third-order valence-corrected chi connectivity index (χ3v) is 2.40. The summed E-state index contributed by atoms with van der Waals surface area (Å²) in [5, 5.41) is 0. The number of epoxide rings is 1. The molecule has 0 amide bonds. The summed E-state index contributed by atoms with van der Waals surface area (Å²) in [6.45, 7) is 2.45. The van der Waals surface area contributed by atoms with Crippen molar-refractivity contribution < 1.29 is 14.2 Å². The van der Waals surface area contributed by atoms with Crippen LogP contribution in [0.5, 0.6) is 5.75 Å². The maximum Gasteiger partial charge on any atom is 0.258 e. The lowest BCUT2D eigenvalue weighted by Gasteiger charge is -2.04. The third-order valence-electron chi connectivity index (χ3n) is 2.40. The Morgan fingerprint density at radius 3 is 2.67 bits per heavy atom. The van der Waals surface area contributed by atoms with Crippen LogP contribution in [0.15, 0.2) is 24.3 Å². The summed E-state index contributed by atoms with van der Waals surface area (Å²) < 4.78 is 14.7.